The highest BCUT2D eigenvalue weighted by Crippen LogP contribution is 2.18. The molecular formula is C17H36O4. The zero-order chi connectivity index (χ0) is 16.4. The van der Waals surface area contributed by atoms with E-state index in [-0.39, 0.29) is 31.0 Å². The highest BCUT2D eigenvalue weighted by Gasteiger charge is 2.19. The van der Waals surface area contributed by atoms with Crippen molar-refractivity contribution in [2.45, 2.75) is 79.3 Å². The van der Waals surface area contributed by atoms with Crippen LogP contribution in [0.2, 0.25) is 0 Å². The van der Waals surface area contributed by atoms with E-state index in [4.69, 9.17) is 19.3 Å². The topological polar surface area (TPSA) is 47.9 Å². The van der Waals surface area contributed by atoms with Gasteiger partial charge in [0.05, 0.1) is 44.2 Å². The summed E-state index contributed by atoms with van der Waals surface area (Å²) in [5.74, 6) is 1.15. The lowest BCUT2D eigenvalue weighted by molar-refractivity contribution is -0.101. The van der Waals surface area contributed by atoms with Gasteiger partial charge in [-0.15, -0.1) is 0 Å². The lowest BCUT2D eigenvalue weighted by atomic mass is 9.97. The van der Waals surface area contributed by atoms with Crippen molar-refractivity contribution in [3.63, 3.8) is 0 Å². The molecule has 0 aromatic rings. The Morgan fingerprint density at radius 3 is 1.76 bits per heavy atom. The van der Waals surface area contributed by atoms with E-state index in [1.165, 1.54) is 0 Å². The second-order valence-electron chi connectivity index (χ2n) is 6.83. The maximum Gasteiger partial charge on any atom is 0.0784 e. The number of ether oxygens (including phenoxy) is 3. The summed E-state index contributed by atoms with van der Waals surface area (Å²) in [4.78, 5) is 0. The van der Waals surface area contributed by atoms with Crippen LogP contribution in [0.25, 0.3) is 0 Å². The first-order valence-corrected chi connectivity index (χ1v) is 8.25. The van der Waals surface area contributed by atoms with Gasteiger partial charge in [0.2, 0.25) is 0 Å². The van der Waals surface area contributed by atoms with Crippen LogP contribution in [-0.4, -0.2) is 49.3 Å². The summed E-state index contributed by atoms with van der Waals surface area (Å²) in [6, 6.07) is 0. The fraction of sp³-hybridized carbons (Fsp3) is 1.00. The Balaban J connectivity index is 3.98. The number of hydrogen-bond donors (Lipinski definition) is 1. The molecule has 21 heavy (non-hydrogen) atoms. The summed E-state index contributed by atoms with van der Waals surface area (Å²) in [5.41, 5.74) is 0. The van der Waals surface area contributed by atoms with Crippen LogP contribution in [0.3, 0.4) is 0 Å². The largest absolute Gasteiger partial charge is 0.394 e. The molecule has 0 fully saturated rings. The first-order chi connectivity index (χ1) is 9.76. The van der Waals surface area contributed by atoms with Crippen molar-refractivity contribution in [3.05, 3.63) is 0 Å². The minimum Gasteiger partial charge on any atom is -0.394 e. The number of aliphatic hydroxyl groups is 1. The van der Waals surface area contributed by atoms with Gasteiger partial charge >= 0.3 is 0 Å². The molecule has 0 heterocycles. The Hall–Kier alpha value is -0.160. The predicted molar refractivity (Wildman–Crippen MR) is 86.5 cm³/mol. The molecule has 0 aliphatic heterocycles. The van der Waals surface area contributed by atoms with Crippen molar-refractivity contribution in [2.75, 3.05) is 19.8 Å². The van der Waals surface area contributed by atoms with E-state index < -0.39 is 0 Å². The van der Waals surface area contributed by atoms with Crippen LogP contribution in [0.1, 0.15) is 54.9 Å². The summed E-state index contributed by atoms with van der Waals surface area (Å²) in [5, 5.41) is 8.90. The molecule has 4 atom stereocenters. The van der Waals surface area contributed by atoms with Crippen LogP contribution in [0, 0.1) is 11.8 Å². The van der Waals surface area contributed by atoms with Crippen LogP contribution >= 0.6 is 0 Å². The zero-order valence-corrected chi connectivity index (χ0v) is 15.0. The third-order valence-electron chi connectivity index (χ3n) is 3.34. The standard InChI is InChI=1S/C17H36O4/c1-12(2)8-17(13(3)4)21-16(7)11-20-15(6)10-19-14(5)9-18/h12-18H,8-11H2,1-7H3. The molecule has 4 unspecified atom stereocenters. The summed E-state index contributed by atoms with van der Waals surface area (Å²) < 4.78 is 17.3. The molecule has 0 saturated heterocycles. The van der Waals surface area contributed by atoms with E-state index in [2.05, 4.69) is 34.6 Å². The Morgan fingerprint density at radius 2 is 1.29 bits per heavy atom. The van der Waals surface area contributed by atoms with Gasteiger partial charge in [0.1, 0.15) is 0 Å². The summed E-state index contributed by atoms with van der Waals surface area (Å²) >= 11 is 0. The Bertz CT molecular complexity index is 243. The number of rotatable bonds is 12. The Labute approximate surface area is 131 Å². The monoisotopic (exact) mass is 304 g/mol. The lowest BCUT2D eigenvalue weighted by Gasteiger charge is -2.27. The molecule has 1 N–H and O–H groups in total. The van der Waals surface area contributed by atoms with Gasteiger partial charge in [0.15, 0.2) is 0 Å². The van der Waals surface area contributed by atoms with Gasteiger partial charge in [0.25, 0.3) is 0 Å². The second kappa shape index (κ2) is 11.4. The first kappa shape index (κ1) is 20.8. The molecule has 0 amide bonds. The van der Waals surface area contributed by atoms with Gasteiger partial charge in [-0.05, 0) is 39.0 Å². The molecule has 0 aliphatic rings. The first-order valence-electron chi connectivity index (χ1n) is 8.25. The van der Waals surface area contributed by atoms with Crippen LogP contribution in [0.15, 0.2) is 0 Å². The van der Waals surface area contributed by atoms with Crippen molar-refractivity contribution < 1.29 is 19.3 Å². The van der Waals surface area contributed by atoms with Crippen LogP contribution in [-0.2, 0) is 14.2 Å². The van der Waals surface area contributed by atoms with E-state index in [1.807, 2.05) is 13.8 Å². The molecule has 0 saturated carbocycles. The van der Waals surface area contributed by atoms with E-state index in [1.54, 1.807) is 0 Å². The predicted octanol–water partition coefficient (Wildman–Crippen LogP) is 3.26. The molecule has 0 bridgehead atoms. The van der Waals surface area contributed by atoms with Crippen molar-refractivity contribution in [1.82, 2.24) is 0 Å². The molecule has 0 aliphatic carbocycles. The highest BCUT2D eigenvalue weighted by atomic mass is 16.6. The summed E-state index contributed by atoms with van der Waals surface area (Å²) in [6.45, 7) is 15.8. The van der Waals surface area contributed by atoms with E-state index in [0.717, 1.165) is 6.42 Å². The minimum atomic E-state index is -0.138. The van der Waals surface area contributed by atoms with Crippen LogP contribution in [0.5, 0.6) is 0 Å². The van der Waals surface area contributed by atoms with Gasteiger partial charge in [-0.1, -0.05) is 27.7 Å². The third-order valence-corrected chi connectivity index (χ3v) is 3.34. The fourth-order valence-electron chi connectivity index (χ4n) is 1.99. The Kier molecular flexibility index (Phi) is 11.3. The van der Waals surface area contributed by atoms with Gasteiger partial charge < -0.3 is 19.3 Å². The van der Waals surface area contributed by atoms with Crippen molar-refractivity contribution in [3.8, 4) is 0 Å². The molecule has 0 rings (SSSR count). The average Bonchev–Trinajstić information content (AvgIpc) is 2.41. The normalized spacial score (nSPS) is 18.0. The molecule has 0 aromatic heterocycles. The van der Waals surface area contributed by atoms with Crippen molar-refractivity contribution >= 4 is 0 Å². The summed E-state index contributed by atoms with van der Waals surface area (Å²) in [7, 11) is 0. The smallest absolute Gasteiger partial charge is 0.0784 e. The maximum absolute atomic E-state index is 8.90. The Morgan fingerprint density at radius 1 is 0.762 bits per heavy atom. The second-order valence-corrected chi connectivity index (χ2v) is 6.83. The lowest BCUT2D eigenvalue weighted by Crippen LogP contribution is -2.31. The van der Waals surface area contributed by atoms with Crippen molar-refractivity contribution in [2.24, 2.45) is 11.8 Å². The van der Waals surface area contributed by atoms with Gasteiger partial charge in [-0.2, -0.15) is 0 Å². The summed E-state index contributed by atoms with van der Waals surface area (Å²) in [6.07, 6.45) is 1.31. The quantitative estimate of drug-likeness (QED) is 0.601. The van der Waals surface area contributed by atoms with Gasteiger partial charge in [0, 0.05) is 0 Å². The van der Waals surface area contributed by atoms with Crippen LogP contribution < -0.4 is 0 Å². The molecule has 4 nitrogen and oxygen atoms in total. The van der Waals surface area contributed by atoms with Gasteiger partial charge in [-0.25, -0.2) is 0 Å². The minimum absolute atomic E-state index is 0.00708. The molecule has 0 spiro atoms. The molecule has 128 valence electrons. The molecule has 0 aromatic carbocycles. The molecule has 0 radical (unpaired) electrons. The SMILES string of the molecule is CC(C)CC(OC(C)COC(C)COC(C)CO)C(C)C. The van der Waals surface area contributed by atoms with Crippen molar-refractivity contribution in [1.29, 1.82) is 0 Å². The number of hydrogen-bond acceptors (Lipinski definition) is 4. The molecule has 4 heteroatoms. The van der Waals surface area contributed by atoms with Crippen LogP contribution in [0.4, 0.5) is 0 Å². The van der Waals surface area contributed by atoms with Gasteiger partial charge in [-0.3, -0.25) is 0 Å². The van der Waals surface area contributed by atoms with E-state index in [0.29, 0.717) is 25.0 Å². The number of aliphatic hydroxyl groups excluding tert-OH is 1. The molecular weight excluding hydrogens is 268 g/mol. The van der Waals surface area contributed by atoms with E-state index >= 15 is 0 Å². The van der Waals surface area contributed by atoms with E-state index in [9.17, 15) is 0 Å². The third kappa shape index (κ3) is 11.1. The highest BCUT2D eigenvalue weighted by molar-refractivity contribution is 4.67. The average molecular weight is 304 g/mol. The fourth-order valence-corrected chi connectivity index (χ4v) is 1.99. The maximum atomic E-state index is 8.90. The zero-order valence-electron chi connectivity index (χ0n) is 15.0.